The van der Waals surface area contributed by atoms with Crippen molar-refractivity contribution in [3.8, 4) is 0 Å². The van der Waals surface area contributed by atoms with Gasteiger partial charge in [0.2, 0.25) is 6.54 Å². The van der Waals surface area contributed by atoms with Crippen LogP contribution in [0.4, 0.5) is 0 Å². The molecule has 1 aliphatic rings. The highest BCUT2D eigenvalue weighted by Crippen LogP contribution is 2.26. The second kappa shape index (κ2) is 3.21. The largest absolute Gasteiger partial charge is 0.294 e. The number of hydrogen-bond acceptors (Lipinski definition) is 3. The summed E-state index contributed by atoms with van der Waals surface area (Å²) in [5.74, 6) is -0.542. The number of rotatable bonds is 2. The van der Waals surface area contributed by atoms with Crippen molar-refractivity contribution in [2.45, 2.75) is 6.42 Å². The predicted octanol–water partition coefficient (Wildman–Crippen LogP) is 1.32. The molecule has 1 atom stereocenters. The van der Waals surface area contributed by atoms with E-state index in [9.17, 15) is 14.9 Å². The Morgan fingerprint density at radius 3 is 2.79 bits per heavy atom. The fourth-order valence-corrected chi connectivity index (χ4v) is 1.84. The van der Waals surface area contributed by atoms with Crippen LogP contribution in [0.5, 0.6) is 0 Å². The number of ketones is 1. The van der Waals surface area contributed by atoms with E-state index in [2.05, 4.69) is 0 Å². The smallest absolute Gasteiger partial charge is 0.214 e. The van der Waals surface area contributed by atoms with Crippen molar-refractivity contribution in [3.05, 3.63) is 45.5 Å². The number of carbonyl (C=O) groups is 1. The number of nitro groups is 1. The van der Waals surface area contributed by atoms with Crippen molar-refractivity contribution in [3.63, 3.8) is 0 Å². The zero-order valence-corrected chi connectivity index (χ0v) is 7.47. The third-order valence-electron chi connectivity index (χ3n) is 2.49. The summed E-state index contributed by atoms with van der Waals surface area (Å²) in [4.78, 5) is 21.5. The monoisotopic (exact) mass is 191 g/mol. The van der Waals surface area contributed by atoms with Crippen molar-refractivity contribution in [2.24, 2.45) is 5.92 Å². The minimum absolute atomic E-state index is 0.0858. The minimum Gasteiger partial charge on any atom is -0.294 e. The molecule has 0 bridgehead atoms. The molecule has 4 nitrogen and oxygen atoms in total. The third-order valence-corrected chi connectivity index (χ3v) is 2.49. The van der Waals surface area contributed by atoms with Gasteiger partial charge in [-0.1, -0.05) is 24.3 Å². The molecule has 1 aromatic carbocycles. The summed E-state index contributed by atoms with van der Waals surface area (Å²) < 4.78 is 0. The average molecular weight is 191 g/mol. The Kier molecular flexibility index (Phi) is 2.04. The lowest BCUT2D eigenvalue weighted by Crippen LogP contribution is -2.19. The highest BCUT2D eigenvalue weighted by atomic mass is 16.6. The summed E-state index contributed by atoms with van der Waals surface area (Å²) in [6.07, 6.45) is 0.510. The molecule has 72 valence electrons. The van der Waals surface area contributed by atoms with Crippen LogP contribution in [0.1, 0.15) is 15.9 Å². The van der Waals surface area contributed by atoms with Gasteiger partial charge in [-0.05, 0) is 12.0 Å². The van der Waals surface area contributed by atoms with Gasteiger partial charge in [-0.3, -0.25) is 14.9 Å². The Morgan fingerprint density at radius 1 is 1.43 bits per heavy atom. The van der Waals surface area contributed by atoms with Crippen LogP contribution in [-0.2, 0) is 6.42 Å². The summed E-state index contributed by atoms with van der Waals surface area (Å²) >= 11 is 0. The van der Waals surface area contributed by atoms with Gasteiger partial charge in [-0.25, -0.2) is 0 Å². The zero-order chi connectivity index (χ0) is 10.1. The van der Waals surface area contributed by atoms with Gasteiger partial charge in [0.05, 0.1) is 5.92 Å². The molecule has 0 spiro atoms. The molecular weight excluding hydrogens is 182 g/mol. The van der Waals surface area contributed by atoms with Gasteiger partial charge in [0.15, 0.2) is 5.78 Å². The first-order valence-electron chi connectivity index (χ1n) is 4.42. The average Bonchev–Trinajstić information content (AvgIpc) is 2.44. The number of Topliss-reactive ketones (excluding diaryl/α,β-unsaturated/α-hetero) is 1. The van der Waals surface area contributed by atoms with Crippen LogP contribution < -0.4 is 0 Å². The number of hydrogen-bond donors (Lipinski definition) is 0. The molecule has 0 aliphatic heterocycles. The number of nitrogens with zero attached hydrogens (tertiary/aromatic N) is 1. The van der Waals surface area contributed by atoms with E-state index in [4.69, 9.17) is 0 Å². The molecule has 0 fully saturated rings. The number of benzene rings is 1. The minimum atomic E-state index is -0.456. The van der Waals surface area contributed by atoms with Crippen LogP contribution in [0.3, 0.4) is 0 Å². The van der Waals surface area contributed by atoms with Crippen molar-refractivity contribution in [1.82, 2.24) is 0 Å². The van der Waals surface area contributed by atoms with Crippen LogP contribution >= 0.6 is 0 Å². The fraction of sp³-hybridized carbons (Fsp3) is 0.300. The van der Waals surface area contributed by atoms with Gasteiger partial charge < -0.3 is 0 Å². The lowest BCUT2D eigenvalue weighted by Gasteiger charge is -1.99. The molecule has 0 heterocycles. The Morgan fingerprint density at radius 2 is 2.14 bits per heavy atom. The number of fused-ring (bicyclic) bond motifs is 1. The first kappa shape index (κ1) is 8.87. The van der Waals surface area contributed by atoms with E-state index in [-0.39, 0.29) is 12.3 Å². The van der Waals surface area contributed by atoms with E-state index < -0.39 is 10.8 Å². The van der Waals surface area contributed by atoms with E-state index >= 15 is 0 Å². The topological polar surface area (TPSA) is 60.2 Å². The molecule has 0 N–H and O–H groups in total. The summed E-state index contributed by atoms with van der Waals surface area (Å²) in [6.45, 7) is -0.256. The molecular formula is C10H9NO3. The van der Waals surface area contributed by atoms with Crippen LogP contribution in [0, 0.1) is 16.0 Å². The first-order chi connectivity index (χ1) is 6.68. The quantitative estimate of drug-likeness (QED) is 0.523. The lowest BCUT2D eigenvalue weighted by molar-refractivity contribution is -0.484. The zero-order valence-electron chi connectivity index (χ0n) is 7.47. The molecule has 0 amide bonds. The van der Waals surface area contributed by atoms with Gasteiger partial charge in [-0.15, -0.1) is 0 Å². The molecule has 1 aliphatic carbocycles. The van der Waals surface area contributed by atoms with Gasteiger partial charge in [0.1, 0.15) is 0 Å². The molecule has 1 unspecified atom stereocenters. The fourth-order valence-electron chi connectivity index (χ4n) is 1.84. The normalized spacial score (nSPS) is 19.4. The van der Waals surface area contributed by atoms with E-state index in [0.717, 1.165) is 5.56 Å². The first-order valence-corrected chi connectivity index (χ1v) is 4.42. The maximum atomic E-state index is 11.6. The molecule has 1 aromatic rings. The number of carbonyl (C=O) groups excluding carboxylic acids is 1. The van der Waals surface area contributed by atoms with Crippen molar-refractivity contribution in [2.75, 3.05) is 6.54 Å². The summed E-state index contributed by atoms with van der Waals surface area (Å²) in [5.41, 5.74) is 1.59. The molecule has 0 saturated carbocycles. The SMILES string of the molecule is O=C1c2ccccc2CC1C[N+](=O)[O-]. The van der Waals surface area contributed by atoms with Crippen molar-refractivity contribution in [1.29, 1.82) is 0 Å². The van der Waals surface area contributed by atoms with Gasteiger partial charge in [0, 0.05) is 10.5 Å². The second-order valence-corrected chi connectivity index (χ2v) is 3.44. The Bertz CT molecular complexity index is 400. The summed E-state index contributed by atoms with van der Waals surface area (Å²) in [5, 5.41) is 10.3. The maximum Gasteiger partial charge on any atom is 0.214 e. The maximum absolute atomic E-state index is 11.6. The van der Waals surface area contributed by atoms with Gasteiger partial charge in [0.25, 0.3) is 0 Å². The highest BCUT2D eigenvalue weighted by Gasteiger charge is 2.33. The van der Waals surface area contributed by atoms with E-state index in [1.807, 2.05) is 12.1 Å². The molecule has 0 saturated heterocycles. The van der Waals surface area contributed by atoms with E-state index in [1.165, 1.54) is 0 Å². The molecule has 0 radical (unpaired) electrons. The Balaban J connectivity index is 2.26. The van der Waals surface area contributed by atoms with Crippen molar-refractivity contribution < 1.29 is 9.72 Å². The van der Waals surface area contributed by atoms with Gasteiger partial charge in [-0.2, -0.15) is 0 Å². The Labute approximate surface area is 80.7 Å². The highest BCUT2D eigenvalue weighted by molar-refractivity contribution is 6.02. The Hall–Kier alpha value is -1.71. The molecule has 14 heavy (non-hydrogen) atoms. The second-order valence-electron chi connectivity index (χ2n) is 3.44. The van der Waals surface area contributed by atoms with Crippen molar-refractivity contribution >= 4 is 5.78 Å². The molecule has 0 aromatic heterocycles. The van der Waals surface area contributed by atoms with Crippen LogP contribution in [-0.4, -0.2) is 17.3 Å². The van der Waals surface area contributed by atoms with Crippen LogP contribution in [0.25, 0.3) is 0 Å². The van der Waals surface area contributed by atoms with Crippen LogP contribution in [0.15, 0.2) is 24.3 Å². The van der Waals surface area contributed by atoms with Gasteiger partial charge >= 0.3 is 0 Å². The van der Waals surface area contributed by atoms with Crippen LogP contribution in [0.2, 0.25) is 0 Å². The summed E-state index contributed by atoms with van der Waals surface area (Å²) in [6, 6.07) is 7.22. The molecule has 4 heteroatoms. The van der Waals surface area contributed by atoms with E-state index in [0.29, 0.717) is 12.0 Å². The standard InChI is InChI=1S/C10H9NO3/c12-10-8(6-11(13)14)5-7-3-1-2-4-9(7)10/h1-4,8H,5-6H2. The van der Waals surface area contributed by atoms with E-state index in [1.54, 1.807) is 12.1 Å². The molecule has 2 rings (SSSR count). The third kappa shape index (κ3) is 1.39. The summed E-state index contributed by atoms with van der Waals surface area (Å²) in [7, 11) is 0. The predicted molar refractivity (Wildman–Crippen MR) is 49.8 cm³/mol. The lowest BCUT2D eigenvalue weighted by atomic mass is 10.1.